The lowest BCUT2D eigenvalue weighted by Gasteiger charge is -2.30. The number of nitrogens with zero attached hydrogens (tertiary/aromatic N) is 1. The number of halogens is 2. The molecule has 0 aromatic heterocycles. The smallest absolute Gasteiger partial charge is 0.254 e. The predicted octanol–water partition coefficient (Wildman–Crippen LogP) is 4.21. The van der Waals surface area contributed by atoms with Crippen LogP contribution in [0.25, 0.3) is 0 Å². The van der Waals surface area contributed by atoms with Crippen molar-refractivity contribution >= 4 is 29.1 Å². The quantitative estimate of drug-likeness (QED) is 0.718. The van der Waals surface area contributed by atoms with Crippen LogP contribution in [-0.2, 0) is 0 Å². The Kier molecular flexibility index (Phi) is 6.51. The number of benzene rings is 1. The second-order valence-electron chi connectivity index (χ2n) is 4.16. The van der Waals surface area contributed by atoms with Crippen molar-refractivity contribution in [1.82, 2.24) is 4.90 Å². The molecule has 1 aromatic carbocycles. The lowest BCUT2D eigenvalue weighted by molar-refractivity contribution is 0.0681. The summed E-state index contributed by atoms with van der Waals surface area (Å²) in [6.45, 7) is 4.75. The maximum Gasteiger partial charge on any atom is 0.254 e. The van der Waals surface area contributed by atoms with Crippen molar-refractivity contribution in [2.75, 3.05) is 12.4 Å². The van der Waals surface area contributed by atoms with Crippen molar-refractivity contribution in [2.24, 2.45) is 0 Å². The molecule has 0 spiro atoms. The normalized spacial score (nSPS) is 10.7. The van der Waals surface area contributed by atoms with E-state index in [1.54, 1.807) is 24.3 Å². The number of hydrogen-bond donors (Lipinski definition) is 0. The summed E-state index contributed by atoms with van der Waals surface area (Å²) in [6, 6.07) is 7.23. The van der Waals surface area contributed by atoms with Gasteiger partial charge in [0, 0.05) is 29.1 Å². The number of alkyl halides is 1. The van der Waals surface area contributed by atoms with Crippen LogP contribution in [0.2, 0.25) is 5.02 Å². The summed E-state index contributed by atoms with van der Waals surface area (Å²) in [6.07, 6.45) is 1.87. The van der Waals surface area contributed by atoms with E-state index in [2.05, 4.69) is 13.8 Å². The van der Waals surface area contributed by atoms with Gasteiger partial charge in [-0.25, -0.2) is 0 Å². The van der Waals surface area contributed by atoms with Crippen LogP contribution in [0.3, 0.4) is 0 Å². The Bertz CT molecular complexity index is 374. The van der Waals surface area contributed by atoms with Gasteiger partial charge in [0.25, 0.3) is 5.91 Å². The van der Waals surface area contributed by atoms with E-state index in [0.717, 1.165) is 12.8 Å². The first-order valence-corrected chi connectivity index (χ1v) is 7.17. The van der Waals surface area contributed by atoms with Gasteiger partial charge in [-0.2, -0.15) is 0 Å². The predicted molar refractivity (Wildman–Crippen MR) is 77.6 cm³/mol. The fourth-order valence-electron chi connectivity index (χ4n) is 2.03. The highest BCUT2D eigenvalue weighted by atomic mass is 35.5. The summed E-state index contributed by atoms with van der Waals surface area (Å²) >= 11 is 11.6. The minimum atomic E-state index is 0.0287. The molecule has 0 heterocycles. The number of amides is 1. The highest BCUT2D eigenvalue weighted by Crippen LogP contribution is 2.16. The summed E-state index contributed by atoms with van der Waals surface area (Å²) < 4.78 is 0. The Balaban J connectivity index is 2.91. The SMILES string of the molecule is CCC(CC)N(CCCl)C(=O)c1ccc(Cl)cc1. The third kappa shape index (κ3) is 3.89. The number of carbonyl (C=O) groups is 1. The third-order valence-corrected chi connectivity index (χ3v) is 3.48. The summed E-state index contributed by atoms with van der Waals surface area (Å²) in [5.74, 6) is 0.483. The summed E-state index contributed by atoms with van der Waals surface area (Å²) in [7, 11) is 0. The molecule has 0 radical (unpaired) electrons. The first-order valence-electron chi connectivity index (χ1n) is 6.26. The molecule has 0 saturated heterocycles. The standard InChI is InChI=1S/C14H19Cl2NO/c1-3-13(4-2)17(10-9-15)14(18)11-5-7-12(16)8-6-11/h5-8,13H,3-4,9-10H2,1-2H3. The molecule has 4 heteroatoms. The molecule has 0 atom stereocenters. The molecule has 0 bridgehead atoms. The Morgan fingerprint density at radius 2 is 1.78 bits per heavy atom. The van der Waals surface area contributed by atoms with Crippen molar-refractivity contribution in [3.8, 4) is 0 Å². The molecule has 0 aliphatic carbocycles. The molecule has 0 aliphatic rings. The molecule has 0 saturated carbocycles. The average Bonchev–Trinajstić information content (AvgIpc) is 2.39. The minimum absolute atomic E-state index is 0.0287. The van der Waals surface area contributed by atoms with Crippen LogP contribution in [0.1, 0.15) is 37.0 Å². The first kappa shape index (κ1) is 15.3. The van der Waals surface area contributed by atoms with Crippen LogP contribution in [0.15, 0.2) is 24.3 Å². The molecule has 2 nitrogen and oxygen atoms in total. The summed E-state index contributed by atoms with van der Waals surface area (Å²) in [4.78, 5) is 14.3. The maximum atomic E-state index is 12.4. The molecule has 0 aliphatic heterocycles. The second-order valence-corrected chi connectivity index (χ2v) is 4.98. The van der Waals surface area contributed by atoms with Gasteiger partial charge in [0.2, 0.25) is 0 Å². The molecular formula is C14H19Cl2NO. The van der Waals surface area contributed by atoms with Crippen LogP contribution in [0.5, 0.6) is 0 Å². The van der Waals surface area contributed by atoms with Crippen LogP contribution in [-0.4, -0.2) is 29.3 Å². The van der Waals surface area contributed by atoms with Crippen LogP contribution in [0, 0.1) is 0 Å². The van der Waals surface area contributed by atoms with E-state index in [0.29, 0.717) is 23.0 Å². The lowest BCUT2D eigenvalue weighted by atomic mass is 10.1. The third-order valence-electron chi connectivity index (χ3n) is 3.06. The van der Waals surface area contributed by atoms with Gasteiger partial charge in [0.15, 0.2) is 0 Å². The van der Waals surface area contributed by atoms with E-state index in [-0.39, 0.29) is 11.9 Å². The number of rotatable bonds is 6. The van der Waals surface area contributed by atoms with E-state index in [9.17, 15) is 4.79 Å². The Morgan fingerprint density at radius 3 is 2.22 bits per heavy atom. The molecule has 0 N–H and O–H groups in total. The zero-order chi connectivity index (χ0) is 13.5. The van der Waals surface area contributed by atoms with Gasteiger partial charge in [-0.1, -0.05) is 25.4 Å². The molecule has 0 fully saturated rings. The largest absolute Gasteiger partial charge is 0.334 e. The van der Waals surface area contributed by atoms with Gasteiger partial charge < -0.3 is 4.90 Å². The highest BCUT2D eigenvalue weighted by Gasteiger charge is 2.21. The molecule has 18 heavy (non-hydrogen) atoms. The molecule has 100 valence electrons. The second kappa shape index (κ2) is 7.65. The number of carbonyl (C=O) groups excluding carboxylic acids is 1. The average molecular weight is 288 g/mol. The minimum Gasteiger partial charge on any atom is -0.334 e. The zero-order valence-corrected chi connectivity index (χ0v) is 12.3. The summed E-state index contributed by atoms with van der Waals surface area (Å²) in [5, 5.41) is 0.637. The van der Waals surface area contributed by atoms with Crippen molar-refractivity contribution in [3.63, 3.8) is 0 Å². The van der Waals surface area contributed by atoms with Crippen molar-refractivity contribution in [3.05, 3.63) is 34.9 Å². The van der Waals surface area contributed by atoms with E-state index in [1.165, 1.54) is 0 Å². The van der Waals surface area contributed by atoms with Crippen molar-refractivity contribution in [1.29, 1.82) is 0 Å². The molecular weight excluding hydrogens is 269 g/mol. The van der Waals surface area contributed by atoms with E-state index in [1.807, 2.05) is 4.90 Å². The summed E-state index contributed by atoms with van der Waals surface area (Å²) in [5.41, 5.74) is 0.663. The number of hydrogen-bond acceptors (Lipinski definition) is 1. The molecule has 0 unspecified atom stereocenters. The Labute approximate surface area is 119 Å². The first-order chi connectivity index (χ1) is 8.63. The molecule has 1 rings (SSSR count). The van der Waals surface area contributed by atoms with Gasteiger partial charge in [0.05, 0.1) is 0 Å². The van der Waals surface area contributed by atoms with Gasteiger partial charge in [-0.05, 0) is 37.1 Å². The van der Waals surface area contributed by atoms with Crippen molar-refractivity contribution in [2.45, 2.75) is 32.7 Å². The van der Waals surface area contributed by atoms with E-state index >= 15 is 0 Å². The lowest BCUT2D eigenvalue weighted by Crippen LogP contribution is -2.41. The van der Waals surface area contributed by atoms with E-state index < -0.39 is 0 Å². The Morgan fingerprint density at radius 1 is 1.22 bits per heavy atom. The van der Waals surface area contributed by atoms with Crippen LogP contribution in [0.4, 0.5) is 0 Å². The van der Waals surface area contributed by atoms with Gasteiger partial charge in [-0.3, -0.25) is 4.79 Å². The van der Waals surface area contributed by atoms with Crippen molar-refractivity contribution < 1.29 is 4.79 Å². The molecule has 1 amide bonds. The Hall–Kier alpha value is -0.730. The van der Waals surface area contributed by atoms with E-state index in [4.69, 9.17) is 23.2 Å². The van der Waals surface area contributed by atoms with Gasteiger partial charge >= 0.3 is 0 Å². The van der Waals surface area contributed by atoms with Crippen LogP contribution < -0.4 is 0 Å². The zero-order valence-electron chi connectivity index (χ0n) is 10.8. The van der Waals surface area contributed by atoms with Crippen LogP contribution >= 0.6 is 23.2 Å². The monoisotopic (exact) mass is 287 g/mol. The topological polar surface area (TPSA) is 20.3 Å². The fraction of sp³-hybridized carbons (Fsp3) is 0.500. The van der Waals surface area contributed by atoms with Gasteiger partial charge in [-0.15, -0.1) is 11.6 Å². The highest BCUT2D eigenvalue weighted by molar-refractivity contribution is 6.30. The maximum absolute atomic E-state index is 12.4. The molecule has 1 aromatic rings. The fourth-order valence-corrected chi connectivity index (χ4v) is 2.34. The van der Waals surface area contributed by atoms with Gasteiger partial charge in [0.1, 0.15) is 0 Å².